The van der Waals surface area contributed by atoms with E-state index in [4.69, 9.17) is 17.3 Å². The van der Waals surface area contributed by atoms with E-state index >= 15 is 0 Å². The Morgan fingerprint density at radius 2 is 2.33 bits per heavy atom. The van der Waals surface area contributed by atoms with Crippen LogP contribution in [0.4, 0.5) is 0 Å². The highest BCUT2D eigenvalue weighted by Gasteiger charge is 2.19. The number of hydrogen-bond donors (Lipinski definition) is 1. The molecule has 0 aliphatic carbocycles. The van der Waals surface area contributed by atoms with Gasteiger partial charge < -0.3 is 5.73 Å². The molecule has 2 rings (SSSR count). The Morgan fingerprint density at radius 3 is 2.83 bits per heavy atom. The summed E-state index contributed by atoms with van der Waals surface area (Å²) in [6, 6.07) is 6.49. The molecular formula is C12H14BrClN2S2. The van der Waals surface area contributed by atoms with E-state index in [2.05, 4.69) is 51.5 Å². The van der Waals surface area contributed by atoms with Crippen LogP contribution in [0.3, 0.4) is 0 Å². The van der Waals surface area contributed by atoms with Crippen molar-refractivity contribution in [2.45, 2.75) is 12.6 Å². The summed E-state index contributed by atoms with van der Waals surface area (Å²) in [4.78, 5) is 4.81. The maximum absolute atomic E-state index is 6.09. The standard InChI is InChI=1S/C12H14BrClN2S2/c1-16(7-8-3-2-4-17-8)10(6-15)11-5-9(13)12(14)18-11/h2-5,10H,6-7,15H2,1H3. The molecule has 2 nitrogen and oxygen atoms in total. The Morgan fingerprint density at radius 1 is 1.56 bits per heavy atom. The SMILES string of the molecule is CN(Cc1cccs1)C(CN)c1cc(Br)c(Cl)s1. The van der Waals surface area contributed by atoms with Crippen LogP contribution in [0.1, 0.15) is 15.8 Å². The molecule has 0 fully saturated rings. The molecule has 98 valence electrons. The molecule has 2 N–H and O–H groups in total. The average molecular weight is 366 g/mol. The number of likely N-dealkylation sites (N-methyl/N-ethyl adjacent to an activating group) is 1. The van der Waals surface area contributed by atoms with E-state index in [1.165, 1.54) is 9.75 Å². The summed E-state index contributed by atoms with van der Waals surface area (Å²) in [5.74, 6) is 0. The van der Waals surface area contributed by atoms with E-state index in [0.29, 0.717) is 6.54 Å². The van der Waals surface area contributed by atoms with E-state index in [9.17, 15) is 0 Å². The van der Waals surface area contributed by atoms with Crippen molar-refractivity contribution in [3.05, 3.63) is 42.1 Å². The lowest BCUT2D eigenvalue weighted by atomic mass is 10.2. The van der Waals surface area contributed by atoms with Crippen LogP contribution >= 0.6 is 50.2 Å². The van der Waals surface area contributed by atoms with Gasteiger partial charge in [-0.25, -0.2) is 0 Å². The molecular weight excluding hydrogens is 352 g/mol. The first-order valence-electron chi connectivity index (χ1n) is 5.49. The molecule has 0 spiro atoms. The van der Waals surface area contributed by atoms with Gasteiger partial charge in [0.25, 0.3) is 0 Å². The zero-order chi connectivity index (χ0) is 13.1. The summed E-state index contributed by atoms with van der Waals surface area (Å²) in [7, 11) is 2.10. The minimum atomic E-state index is 0.209. The molecule has 0 aliphatic rings. The van der Waals surface area contributed by atoms with Crippen LogP contribution in [-0.2, 0) is 6.54 Å². The highest BCUT2D eigenvalue weighted by Crippen LogP contribution is 2.36. The van der Waals surface area contributed by atoms with Gasteiger partial charge in [0.05, 0.1) is 6.04 Å². The number of thiophene rings is 2. The average Bonchev–Trinajstić information content (AvgIpc) is 2.92. The molecule has 0 bridgehead atoms. The Bertz CT molecular complexity index is 479. The Kier molecular flexibility index (Phi) is 5.24. The van der Waals surface area contributed by atoms with E-state index in [1.807, 2.05) is 0 Å². The van der Waals surface area contributed by atoms with Gasteiger partial charge in [0.15, 0.2) is 0 Å². The van der Waals surface area contributed by atoms with Crippen LogP contribution in [0.25, 0.3) is 0 Å². The fourth-order valence-electron chi connectivity index (χ4n) is 1.80. The van der Waals surface area contributed by atoms with Gasteiger partial charge in [-0.1, -0.05) is 17.7 Å². The van der Waals surface area contributed by atoms with Crippen LogP contribution in [0, 0.1) is 0 Å². The van der Waals surface area contributed by atoms with Crippen molar-refractivity contribution in [3.63, 3.8) is 0 Å². The minimum Gasteiger partial charge on any atom is -0.329 e. The number of rotatable bonds is 5. The monoisotopic (exact) mass is 364 g/mol. The molecule has 0 amide bonds. The van der Waals surface area contributed by atoms with Crippen LogP contribution in [-0.4, -0.2) is 18.5 Å². The van der Waals surface area contributed by atoms with E-state index < -0.39 is 0 Å². The molecule has 2 aromatic rings. The third-order valence-electron chi connectivity index (χ3n) is 2.73. The lowest BCUT2D eigenvalue weighted by molar-refractivity contribution is 0.247. The molecule has 2 aromatic heterocycles. The third kappa shape index (κ3) is 3.35. The van der Waals surface area contributed by atoms with Crippen LogP contribution in [0.5, 0.6) is 0 Å². The Labute approximate surface area is 128 Å². The molecule has 2 heterocycles. The van der Waals surface area contributed by atoms with Crippen molar-refractivity contribution in [2.75, 3.05) is 13.6 Å². The fourth-order valence-corrected chi connectivity index (χ4v) is 4.48. The predicted octanol–water partition coefficient (Wildman–Crippen LogP) is 4.36. The highest BCUT2D eigenvalue weighted by atomic mass is 79.9. The lowest BCUT2D eigenvalue weighted by Gasteiger charge is -2.25. The molecule has 0 aromatic carbocycles. The van der Waals surface area contributed by atoms with Crippen molar-refractivity contribution < 1.29 is 0 Å². The Balaban J connectivity index is 2.12. The van der Waals surface area contributed by atoms with Gasteiger partial charge in [0.2, 0.25) is 0 Å². The smallest absolute Gasteiger partial charge is 0.107 e. The zero-order valence-electron chi connectivity index (χ0n) is 9.90. The van der Waals surface area contributed by atoms with Gasteiger partial charge in [-0.2, -0.15) is 0 Å². The normalized spacial score (nSPS) is 13.2. The second-order valence-electron chi connectivity index (χ2n) is 4.02. The quantitative estimate of drug-likeness (QED) is 0.853. The first-order valence-corrected chi connectivity index (χ1v) is 8.36. The second-order valence-corrected chi connectivity index (χ2v) is 7.59. The Hall–Kier alpha value is 0.0900. The fraction of sp³-hybridized carbons (Fsp3) is 0.333. The molecule has 1 unspecified atom stereocenters. The summed E-state index contributed by atoms with van der Waals surface area (Å²) in [5.41, 5.74) is 5.90. The van der Waals surface area contributed by atoms with Crippen LogP contribution < -0.4 is 5.73 Å². The number of hydrogen-bond acceptors (Lipinski definition) is 4. The van der Waals surface area contributed by atoms with E-state index in [1.54, 1.807) is 22.7 Å². The van der Waals surface area contributed by atoms with Gasteiger partial charge in [-0.3, -0.25) is 4.90 Å². The highest BCUT2D eigenvalue weighted by molar-refractivity contribution is 9.10. The van der Waals surface area contributed by atoms with Gasteiger partial charge in [0.1, 0.15) is 4.34 Å². The van der Waals surface area contributed by atoms with Crippen LogP contribution in [0.2, 0.25) is 4.34 Å². The van der Waals surface area contributed by atoms with Crippen molar-refractivity contribution in [3.8, 4) is 0 Å². The molecule has 18 heavy (non-hydrogen) atoms. The zero-order valence-corrected chi connectivity index (χ0v) is 13.9. The summed E-state index contributed by atoms with van der Waals surface area (Å²) < 4.78 is 1.74. The van der Waals surface area contributed by atoms with Gasteiger partial charge in [0, 0.05) is 27.3 Å². The molecule has 0 aliphatic heterocycles. The first-order chi connectivity index (χ1) is 8.61. The van der Waals surface area contributed by atoms with Crippen molar-refractivity contribution in [1.29, 1.82) is 0 Å². The van der Waals surface area contributed by atoms with Crippen molar-refractivity contribution in [2.24, 2.45) is 5.73 Å². The first kappa shape index (κ1) is 14.5. The van der Waals surface area contributed by atoms with Gasteiger partial charge in [-0.15, -0.1) is 22.7 Å². The minimum absolute atomic E-state index is 0.209. The molecule has 1 atom stereocenters. The largest absolute Gasteiger partial charge is 0.329 e. The lowest BCUT2D eigenvalue weighted by Crippen LogP contribution is -2.29. The molecule has 0 saturated heterocycles. The second kappa shape index (κ2) is 6.50. The van der Waals surface area contributed by atoms with Crippen LogP contribution in [0.15, 0.2) is 28.1 Å². The third-order valence-corrected chi connectivity index (χ3v) is 6.17. The summed E-state index contributed by atoms with van der Waals surface area (Å²) in [6.07, 6.45) is 0. The maximum atomic E-state index is 6.09. The molecule has 6 heteroatoms. The van der Waals surface area contributed by atoms with Gasteiger partial charge >= 0.3 is 0 Å². The van der Waals surface area contributed by atoms with Crippen molar-refractivity contribution >= 4 is 50.2 Å². The summed E-state index contributed by atoms with van der Waals surface area (Å²) in [6.45, 7) is 1.50. The summed E-state index contributed by atoms with van der Waals surface area (Å²) >= 11 is 12.9. The topological polar surface area (TPSA) is 29.3 Å². The van der Waals surface area contributed by atoms with Gasteiger partial charge in [-0.05, 0) is 40.5 Å². The predicted molar refractivity (Wildman–Crippen MR) is 84.6 cm³/mol. The number of halogens is 2. The van der Waals surface area contributed by atoms with E-state index in [0.717, 1.165) is 15.4 Å². The van der Waals surface area contributed by atoms with E-state index in [-0.39, 0.29) is 6.04 Å². The number of nitrogens with zero attached hydrogens (tertiary/aromatic N) is 1. The molecule has 0 saturated carbocycles. The van der Waals surface area contributed by atoms with Crippen molar-refractivity contribution in [1.82, 2.24) is 4.90 Å². The summed E-state index contributed by atoms with van der Waals surface area (Å²) in [5, 5.41) is 2.10. The molecule has 0 radical (unpaired) electrons. The number of nitrogens with two attached hydrogens (primary N) is 1. The maximum Gasteiger partial charge on any atom is 0.107 e.